The molecule has 1 saturated heterocycles. The highest BCUT2D eigenvalue weighted by Gasteiger charge is 2.33. The van der Waals surface area contributed by atoms with Gasteiger partial charge in [0.15, 0.2) is 0 Å². The fraction of sp³-hybridized carbons (Fsp3) is 0.571. The fourth-order valence-corrected chi connectivity index (χ4v) is 4.76. The molecule has 1 heterocycles. The second kappa shape index (κ2) is 5.73. The van der Waals surface area contributed by atoms with E-state index in [4.69, 9.17) is 0 Å². The Morgan fingerprint density at radius 3 is 2.52 bits per heavy atom. The van der Waals surface area contributed by atoms with Gasteiger partial charge in [0.25, 0.3) is 5.69 Å². The number of nitro groups is 1. The van der Waals surface area contributed by atoms with E-state index in [1.165, 1.54) is 16.4 Å². The predicted octanol–water partition coefficient (Wildman–Crippen LogP) is 2.77. The highest BCUT2D eigenvalue weighted by atomic mass is 32.2. The topological polar surface area (TPSA) is 80.5 Å². The Labute approximate surface area is 125 Å². The lowest BCUT2D eigenvalue weighted by Crippen LogP contribution is -2.42. The average Bonchev–Trinajstić information content (AvgIpc) is 2.41. The Bertz CT molecular complexity index is 670. The molecule has 1 aliphatic rings. The van der Waals surface area contributed by atoms with Crippen LogP contribution in [0.5, 0.6) is 0 Å². The molecule has 6 nitrogen and oxygen atoms in total. The van der Waals surface area contributed by atoms with Crippen LogP contribution in [0.1, 0.15) is 37.3 Å². The Morgan fingerprint density at radius 1 is 1.29 bits per heavy atom. The summed E-state index contributed by atoms with van der Waals surface area (Å²) in [7, 11) is -3.69. The largest absolute Gasteiger partial charge is 0.271 e. The van der Waals surface area contributed by atoms with E-state index < -0.39 is 14.9 Å². The molecule has 1 unspecified atom stereocenters. The molecule has 0 saturated carbocycles. The van der Waals surface area contributed by atoms with Crippen LogP contribution in [0.25, 0.3) is 0 Å². The normalized spacial score (nSPS) is 20.4. The number of aryl methyl sites for hydroxylation is 1. The third kappa shape index (κ3) is 2.94. The third-order valence-corrected chi connectivity index (χ3v) is 6.28. The summed E-state index contributed by atoms with van der Waals surface area (Å²) in [6.45, 7) is 5.75. The minimum atomic E-state index is -3.69. The van der Waals surface area contributed by atoms with E-state index in [9.17, 15) is 18.5 Å². The van der Waals surface area contributed by atoms with E-state index in [0.29, 0.717) is 17.7 Å². The molecule has 1 atom stereocenters. The molecular weight excluding hydrogens is 292 g/mol. The number of rotatable bonds is 3. The maximum absolute atomic E-state index is 12.8. The summed E-state index contributed by atoms with van der Waals surface area (Å²) in [5.74, 6) is 0. The van der Waals surface area contributed by atoms with Gasteiger partial charge in [-0.05, 0) is 44.7 Å². The molecule has 2 rings (SSSR count). The van der Waals surface area contributed by atoms with Gasteiger partial charge in [0.1, 0.15) is 0 Å². The van der Waals surface area contributed by atoms with Gasteiger partial charge in [-0.25, -0.2) is 8.42 Å². The van der Waals surface area contributed by atoms with Gasteiger partial charge in [0.05, 0.1) is 9.82 Å². The van der Waals surface area contributed by atoms with Crippen molar-refractivity contribution in [2.45, 2.75) is 51.0 Å². The van der Waals surface area contributed by atoms with E-state index in [2.05, 4.69) is 0 Å². The first-order chi connectivity index (χ1) is 9.75. The van der Waals surface area contributed by atoms with Crippen LogP contribution in [-0.4, -0.2) is 30.2 Å². The van der Waals surface area contributed by atoms with Crippen molar-refractivity contribution in [1.29, 1.82) is 0 Å². The third-order valence-electron chi connectivity index (χ3n) is 4.14. The van der Waals surface area contributed by atoms with Gasteiger partial charge < -0.3 is 0 Å². The second-order valence-corrected chi connectivity index (χ2v) is 7.46. The first-order valence-electron chi connectivity index (χ1n) is 7.02. The molecule has 7 heteroatoms. The molecular formula is C14H20N2O4S. The first-order valence-corrected chi connectivity index (χ1v) is 8.46. The van der Waals surface area contributed by atoms with E-state index >= 15 is 0 Å². The molecule has 0 bridgehead atoms. The van der Waals surface area contributed by atoms with Crippen LogP contribution in [0.2, 0.25) is 0 Å². The van der Waals surface area contributed by atoms with Crippen LogP contribution in [0.3, 0.4) is 0 Å². The number of nitro benzene ring substituents is 1. The second-order valence-electron chi connectivity index (χ2n) is 5.60. The van der Waals surface area contributed by atoms with E-state index in [0.717, 1.165) is 19.3 Å². The molecule has 0 radical (unpaired) electrons. The van der Waals surface area contributed by atoms with Crippen LogP contribution in [0.4, 0.5) is 5.69 Å². The molecule has 0 spiro atoms. The molecule has 0 aromatic heterocycles. The summed E-state index contributed by atoms with van der Waals surface area (Å²) in [4.78, 5) is 10.5. The van der Waals surface area contributed by atoms with Crippen LogP contribution in [-0.2, 0) is 10.0 Å². The lowest BCUT2D eigenvalue weighted by Gasteiger charge is -2.32. The quantitative estimate of drug-likeness (QED) is 0.635. The molecule has 21 heavy (non-hydrogen) atoms. The van der Waals surface area contributed by atoms with Crippen LogP contribution in [0, 0.1) is 24.0 Å². The molecule has 0 amide bonds. The summed E-state index contributed by atoms with van der Waals surface area (Å²) in [6.07, 6.45) is 2.67. The predicted molar refractivity (Wildman–Crippen MR) is 79.8 cm³/mol. The Hall–Kier alpha value is -1.47. The minimum Gasteiger partial charge on any atom is -0.258 e. The monoisotopic (exact) mass is 312 g/mol. The Kier molecular flexibility index (Phi) is 4.34. The van der Waals surface area contributed by atoms with Crippen molar-refractivity contribution < 1.29 is 13.3 Å². The van der Waals surface area contributed by atoms with Crippen molar-refractivity contribution in [3.05, 3.63) is 33.4 Å². The SMILES string of the molecule is Cc1cc([N+](=O)[O-])cc(S(=O)(=O)N2CCCCC2C)c1C. The van der Waals surface area contributed by atoms with E-state index in [1.54, 1.807) is 13.8 Å². The van der Waals surface area contributed by atoms with Crippen molar-refractivity contribution in [2.24, 2.45) is 0 Å². The zero-order chi connectivity index (χ0) is 15.8. The number of piperidine rings is 1. The number of benzene rings is 1. The van der Waals surface area contributed by atoms with Gasteiger partial charge in [-0.1, -0.05) is 6.42 Å². The van der Waals surface area contributed by atoms with Gasteiger partial charge in [-0.2, -0.15) is 4.31 Å². The van der Waals surface area contributed by atoms with Crippen molar-refractivity contribution >= 4 is 15.7 Å². The fourth-order valence-electron chi connectivity index (χ4n) is 2.74. The molecule has 0 aliphatic carbocycles. The maximum atomic E-state index is 12.8. The van der Waals surface area contributed by atoms with Gasteiger partial charge >= 0.3 is 0 Å². The van der Waals surface area contributed by atoms with Gasteiger partial charge in [0, 0.05) is 24.7 Å². The number of sulfonamides is 1. The van der Waals surface area contributed by atoms with E-state index in [1.807, 2.05) is 6.92 Å². The smallest absolute Gasteiger partial charge is 0.258 e. The maximum Gasteiger partial charge on any atom is 0.271 e. The molecule has 1 aromatic rings. The highest BCUT2D eigenvalue weighted by Crippen LogP contribution is 2.31. The van der Waals surface area contributed by atoms with Gasteiger partial charge in [0.2, 0.25) is 10.0 Å². The summed E-state index contributed by atoms with van der Waals surface area (Å²) in [5, 5.41) is 11.0. The Morgan fingerprint density at radius 2 is 1.95 bits per heavy atom. The first kappa shape index (κ1) is 15.9. The molecule has 1 aromatic carbocycles. The molecule has 116 valence electrons. The molecule has 1 fully saturated rings. The zero-order valence-electron chi connectivity index (χ0n) is 12.5. The van der Waals surface area contributed by atoms with Crippen molar-refractivity contribution in [3.63, 3.8) is 0 Å². The van der Waals surface area contributed by atoms with Crippen molar-refractivity contribution in [3.8, 4) is 0 Å². The molecule has 1 aliphatic heterocycles. The summed E-state index contributed by atoms with van der Waals surface area (Å²) >= 11 is 0. The summed E-state index contributed by atoms with van der Waals surface area (Å²) in [5.41, 5.74) is 1.02. The zero-order valence-corrected chi connectivity index (χ0v) is 13.3. The van der Waals surface area contributed by atoms with Crippen LogP contribution >= 0.6 is 0 Å². The lowest BCUT2D eigenvalue weighted by molar-refractivity contribution is -0.385. The Balaban J connectivity index is 2.56. The van der Waals surface area contributed by atoms with Crippen molar-refractivity contribution in [2.75, 3.05) is 6.54 Å². The lowest BCUT2D eigenvalue weighted by atomic mass is 10.1. The number of hydrogen-bond acceptors (Lipinski definition) is 4. The summed E-state index contributed by atoms with van der Waals surface area (Å²) < 4.78 is 27.2. The minimum absolute atomic E-state index is 0.0583. The molecule has 0 N–H and O–H groups in total. The number of hydrogen-bond donors (Lipinski definition) is 0. The number of nitrogens with zero attached hydrogens (tertiary/aromatic N) is 2. The van der Waals surface area contributed by atoms with Crippen molar-refractivity contribution in [1.82, 2.24) is 4.31 Å². The van der Waals surface area contributed by atoms with Crippen LogP contribution in [0.15, 0.2) is 17.0 Å². The highest BCUT2D eigenvalue weighted by molar-refractivity contribution is 7.89. The average molecular weight is 312 g/mol. The van der Waals surface area contributed by atoms with Crippen LogP contribution < -0.4 is 0 Å². The van der Waals surface area contributed by atoms with Gasteiger partial charge in [-0.15, -0.1) is 0 Å². The number of non-ortho nitro benzene ring substituents is 1. The van der Waals surface area contributed by atoms with E-state index in [-0.39, 0.29) is 16.6 Å². The standard InChI is InChI=1S/C14H20N2O4S/c1-10-8-13(16(17)18)9-14(12(10)3)21(19,20)15-7-5-4-6-11(15)2/h8-9,11H,4-7H2,1-3H3. The summed E-state index contributed by atoms with van der Waals surface area (Å²) in [6, 6.07) is 2.52. The van der Waals surface area contributed by atoms with Gasteiger partial charge in [-0.3, -0.25) is 10.1 Å².